The maximum atomic E-state index is 14.1. The van der Waals surface area contributed by atoms with Crippen molar-refractivity contribution in [1.29, 1.82) is 0 Å². The molecule has 0 aromatic heterocycles. The van der Waals surface area contributed by atoms with E-state index in [2.05, 4.69) is 5.32 Å². The van der Waals surface area contributed by atoms with Gasteiger partial charge in [-0.1, -0.05) is 30.7 Å². The van der Waals surface area contributed by atoms with Crippen molar-refractivity contribution in [2.45, 2.75) is 50.7 Å². The molecule has 4 rings (SSSR count). The van der Waals surface area contributed by atoms with E-state index in [1.165, 1.54) is 35.2 Å². The highest BCUT2D eigenvalue weighted by Gasteiger charge is 2.34. The van der Waals surface area contributed by atoms with Crippen LogP contribution < -0.4 is 19.1 Å². The van der Waals surface area contributed by atoms with E-state index in [9.17, 15) is 22.4 Å². The number of ether oxygens (including phenoxy) is 2. The largest absolute Gasteiger partial charge is 0.486 e. The first-order valence-electron chi connectivity index (χ1n) is 13.5. The number of anilines is 1. The molecule has 2 amide bonds. The fourth-order valence-electron chi connectivity index (χ4n) is 4.53. The van der Waals surface area contributed by atoms with Crippen molar-refractivity contribution in [3.8, 4) is 11.5 Å². The van der Waals surface area contributed by atoms with Crippen LogP contribution in [0.5, 0.6) is 11.5 Å². The first-order valence-corrected chi connectivity index (χ1v) is 15.3. The summed E-state index contributed by atoms with van der Waals surface area (Å²) in [6.07, 6.45) is 0.281. The number of benzene rings is 3. The molecule has 1 N–H and O–H groups in total. The molecule has 9 nitrogen and oxygen atoms in total. The second-order valence-corrected chi connectivity index (χ2v) is 12.3. The summed E-state index contributed by atoms with van der Waals surface area (Å²) in [7, 11) is -4.37. The van der Waals surface area contributed by atoms with Crippen LogP contribution in [0.1, 0.15) is 32.8 Å². The van der Waals surface area contributed by atoms with Gasteiger partial charge in [0.1, 0.15) is 31.6 Å². The smallest absolute Gasteiger partial charge is 0.264 e. The van der Waals surface area contributed by atoms with Crippen LogP contribution >= 0.6 is 11.6 Å². The van der Waals surface area contributed by atoms with Gasteiger partial charge in [0.25, 0.3) is 10.0 Å². The van der Waals surface area contributed by atoms with Crippen molar-refractivity contribution < 1.29 is 31.9 Å². The molecule has 1 aliphatic heterocycles. The summed E-state index contributed by atoms with van der Waals surface area (Å²) >= 11 is 6.05. The number of fused-ring (bicyclic) bond motifs is 1. The molecule has 0 bridgehead atoms. The first kappa shape index (κ1) is 31.1. The first-order chi connectivity index (χ1) is 20.0. The Morgan fingerprint density at radius 3 is 2.24 bits per heavy atom. The molecular weight excluding hydrogens is 585 g/mol. The molecule has 12 heteroatoms. The van der Waals surface area contributed by atoms with E-state index in [1.54, 1.807) is 31.2 Å². The summed E-state index contributed by atoms with van der Waals surface area (Å²) in [5, 5.41) is 3.36. The fraction of sp³-hybridized carbons (Fsp3) is 0.333. The van der Waals surface area contributed by atoms with Crippen molar-refractivity contribution in [3.63, 3.8) is 0 Å². The number of amides is 2. The van der Waals surface area contributed by atoms with Crippen LogP contribution in [-0.2, 0) is 26.2 Å². The molecule has 3 aromatic rings. The highest BCUT2D eigenvalue weighted by Crippen LogP contribution is 2.34. The molecule has 0 spiro atoms. The van der Waals surface area contributed by atoms with E-state index >= 15 is 0 Å². The van der Waals surface area contributed by atoms with Crippen LogP contribution in [0, 0.1) is 5.82 Å². The van der Waals surface area contributed by atoms with Gasteiger partial charge in [-0.05, 0) is 74.4 Å². The van der Waals surface area contributed by atoms with Crippen LogP contribution in [-0.4, -0.2) is 57.0 Å². The Morgan fingerprint density at radius 1 is 0.976 bits per heavy atom. The number of carbonyl (C=O) groups excluding carboxylic acids is 2. The lowest BCUT2D eigenvalue weighted by molar-refractivity contribution is -0.140. The second-order valence-electron chi connectivity index (χ2n) is 10.0. The molecule has 42 heavy (non-hydrogen) atoms. The zero-order valence-electron chi connectivity index (χ0n) is 23.5. The molecule has 1 heterocycles. The Hall–Kier alpha value is -3.83. The van der Waals surface area contributed by atoms with Gasteiger partial charge in [0.05, 0.1) is 10.6 Å². The topological polar surface area (TPSA) is 105 Å². The van der Waals surface area contributed by atoms with Crippen molar-refractivity contribution in [2.75, 3.05) is 24.1 Å². The van der Waals surface area contributed by atoms with Crippen LogP contribution in [0.4, 0.5) is 10.1 Å². The van der Waals surface area contributed by atoms with Crippen molar-refractivity contribution in [2.24, 2.45) is 0 Å². The summed E-state index contributed by atoms with van der Waals surface area (Å²) in [6, 6.07) is 14.7. The minimum Gasteiger partial charge on any atom is -0.486 e. The number of carbonyl (C=O) groups is 2. The summed E-state index contributed by atoms with van der Waals surface area (Å²) in [6.45, 7) is 5.37. The molecular formula is C30H33ClFN3O6S. The van der Waals surface area contributed by atoms with E-state index in [-0.39, 0.29) is 47.9 Å². The lowest BCUT2D eigenvalue weighted by atomic mass is 10.1. The lowest BCUT2D eigenvalue weighted by Gasteiger charge is -2.33. The zero-order valence-corrected chi connectivity index (χ0v) is 25.1. The highest BCUT2D eigenvalue weighted by atomic mass is 35.5. The van der Waals surface area contributed by atoms with Gasteiger partial charge in [-0.15, -0.1) is 0 Å². The molecule has 0 saturated heterocycles. The Labute approximate surface area is 250 Å². The van der Waals surface area contributed by atoms with Crippen LogP contribution in [0.2, 0.25) is 5.02 Å². The maximum Gasteiger partial charge on any atom is 0.264 e. The number of hydrogen-bond donors (Lipinski definition) is 1. The monoisotopic (exact) mass is 617 g/mol. The van der Waals surface area contributed by atoms with Crippen LogP contribution in [0.3, 0.4) is 0 Å². The molecule has 1 unspecified atom stereocenters. The van der Waals surface area contributed by atoms with Crippen LogP contribution in [0.15, 0.2) is 71.6 Å². The highest BCUT2D eigenvalue weighted by molar-refractivity contribution is 7.92. The average Bonchev–Trinajstić information content (AvgIpc) is 2.96. The zero-order chi connectivity index (χ0) is 30.4. The van der Waals surface area contributed by atoms with Crippen LogP contribution in [0.25, 0.3) is 0 Å². The van der Waals surface area contributed by atoms with E-state index < -0.39 is 34.3 Å². The predicted molar refractivity (Wildman–Crippen MR) is 158 cm³/mol. The van der Waals surface area contributed by atoms with Gasteiger partial charge in [-0.25, -0.2) is 12.8 Å². The summed E-state index contributed by atoms with van der Waals surface area (Å²) in [4.78, 5) is 28.5. The van der Waals surface area contributed by atoms with Gasteiger partial charge < -0.3 is 19.7 Å². The van der Waals surface area contributed by atoms with Gasteiger partial charge in [0.15, 0.2) is 11.5 Å². The number of nitrogens with zero attached hydrogens (tertiary/aromatic N) is 2. The Kier molecular flexibility index (Phi) is 9.95. The Balaban J connectivity index is 1.74. The quantitative estimate of drug-likeness (QED) is 0.332. The fourth-order valence-corrected chi connectivity index (χ4v) is 6.09. The second kappa shape index (κ2) is 13.4. The van der Waals surface area contributed by atoms with E-state index in [1.807, 2.05) is 13.8 Å². The normalized spacial score (nSPS) is 13.4. The Morgan fingerprint density at radius 2 is 1.62 bits per heavy atom. The van der Waals surface area contributed by atoms with Gasteiger partial charge in [0.2, 0.25) is 11.8 Å². The third-order valence-electron chi connectivity index (χ3n) is 6.58. The van der Waals surface area contributed by atoms with E-state index in [4.69, 9.17) is 21.1 Å². The molecule has 1 atom stereocenters. The average molecular weight is 618 g/mol. The van der Waals surface area contributed by atoms with Crippen molar-refractivity contribution in [3.05, 3.63) is 83.1 Å². The minimum atomic E-state index is -4.37. The number of halogens is 2. The standard InChI is InChI=1S/C30H33ClFN3O6S/c1-4-26(30(37)33-20(2)3)34(18-21-5-7-22(31)8-6-21)29(36)19-35(24-11-9-23(32)10-12-24)42(38,39)25-13-14-27-28(17-25)41-16-15-40-27/h5-14,17,20,26H,4,15-16,18-19H2,1-3H3,(H,33,37). The lowest BCUT2D eigenvalue weighted by Crippen LogP contribution is -2.53. The van der Waals surface area contributed by atoms with Gasteiger partial charge in [-0.3, -0.25) is 13.9 Å². The number of sulfonamides is 1. The molecule has 1 aliphatic rings. The van der Waals surface area contributed by atoms with Gasteiger partial charge >= 0.3 is 0 Å². The minimum absolute atomic E-state index is 0.0291. The molecule has 224 valence electrons. The molecule has 0 saturated carbocycles. The third kappa shape index (κ3) is 7.32. The molecule has 0 aliphatic carbocycles. The number of rotatable bonds is 11. The maximum absolute atomic E-state index is 14.1. The van der Waals surface area contributed by atoms with E-state index in [0.717, 1.165) is 16.4 Å². The summed E-state index contributed by atoms with van der Waals surface area (Å²) < 4.78 is 53.9. The van der Waals surface area contributed by atoms with E-state index in [0.29, 0.717) is 22.9 Å². The number of hydrogen-bond acceptors (Lipinski definition) is 6. The SMILES string of the molecule is CCC(C(=O)NC(C)C)N(Cc1ccc(Cl)cc1)C(=O)CN(c1ccc(F)cc1)S(=O)(=O)c1ccc2c(c1)OCCO2. The third-order valence-corrected chi connectivity index (χ3v) is 8.60. The predicted octanol–water partition coefficient (Wildman–Crippen LogP) is 4.78. The molecule has 0 radical (unpaired) electrons. The molecule has 0 fully saturated rings. The summed E-state index contributed by atoms with van der Waals surface area (Å²) in [5.41, 5.74) is 0.775. The molecule has 3 aromatic carbocycles. The van der Waals surface area contributed by atoms with Crippen molar-refractivity contribution >= 4 is 39.1 Å². The Bertz CT molecular complexity index is 1520. The summed E-state index contributed by atoms with van der Waals surface area (Å²) in [5.74, 6) is -0.893. The van der Waals surface area contributed by atoms with Gasteiger partial charge in [0, 0.05) is 23.7 Å². The van der Waals surface area contributed by atoms with Gasteiger partial charge in [-0.2, -0.15) is 0 Å². The van der Waals surface area contributed by atoms with Crippen molar-refractivity contribution in [1.82, 2.24) is 10.2 Å². The number of nitrogens with one attached hydrogen (secondary N) is 1.